The van der Waals surface area contributed by atoms with Crippen LogP contribution < -0.4 is 11.1 Å². The van der Waals surface area contributed by atoms with Crippen molar-refractivity contribution in [3.05, 3.63) is 35.4 Å². The van der Waals surface area contributed by atoms with Gasteiger partial charge in [0.05, 0.1) is 6.54 Å². The van der Waals surface area contributed by atoms with Crippen LogP contribution in [0.1, 0.15) is 24.5 Å². The van der Waals surface area contributed by atoms with Gasteiger partial charge in [-0.15, -0.1) is 0 Å². The second kappa shape index (κ2) is 7.86. The number of thiocarbonyl (C=S) groups is 1. The maximum atomic E-state index is 11.6. The topological polar surface area (TPSA) is 58.4 Å². The van der Waals surface area contributed by atoms with Gasteiger partial charge >= 0.3 is 0 Å². The van der Waals surface area contributed by atoms with Crippen molar-refractivity contribution >= 4 is 23.1 Å². The minimum absolute atomic E-state index is 0.0594. The van der Waals surface area contributed by atoms with Gasteiger partial charge in [-0.25, -0.2) is 0 Å². The summed E-state index contributed by atoms with van der Waals surface area (Å²) in [4.78, 5) is 13.9. The Morgan fingerprint density at radius 1 is 1.37 bits per heavy atom. The monoisotopic (exact) mass is 279 g/mol. The summed E-state index contributed by atoms with van der Waals surface area (Å²) >= 11 is 4.91. The maximum absolute atomic E-state index is 11.6. The first-order valence-corrected chi connectivity index (χ1v) is 6.77. The number of nitrogens with one attached hydrogen (secondary N) is 1. The van der Waals surface area contributed by atoms with Crippen LogP contribution >= 0.6 is 12.2 Å². The highest BCUT2D eigenvalue weighted by molar-refractivity contribution is 7.80. The van der Waals surface area contributed by atoms with Gasteiger partial charge in [0, 0.05) is 18.7 Å². The number of hydrogen-bond donors (Lipinski definition) is 2. The third kappa shape index (κ3) is 5.81. The fraction of sp³-hybridized carbons (Fsp3) is 0.429. The zero-order chi connectivity index (χ0) is 14.3. The van der Waals surface area contributed by atoms with E-state index in [1.807, 2.05) is 43.1 Å². The zero-order valence-corrected chi connectivity index (χ0v) is 12.3. The number of nitrogens with zero attached hydrogens (tertiary/aromatic N) is 1. The van der Waals surface area contributed by atoms with Gasteiger partial charge in [0.1, 0.15) is 4.99 Å². The molecule has 0 unspecified atom stereocenters. The molecule has 0 bridgehead atoms. The lowest BCUT2D eigenvalue weighted by Gasteiger charge is -2.16. The average molecular weight is 279 g/mol. The highest BCUT2D eigenvalue weighted by Crippen LogP contribution is 2.06. The molecule has 0 heterocycles. The summed E-state index contributed by atoms with van der Waals surface area (Å²) in [5, 5.41) is 2.86. The normalized spacial score (nSPS) is 10.5. The Kier molecular flexibility index (Phi) is 6.45. The van der Waals surface area contributed by atoms with Crippen molar-refractivity contribution in [1.29, 1.82) is 0 Å². The van der Waals surface area contributed by atoms with E-state index in [1.165, 1.54) is 0 Å². The third-order valence-electron chi connectivity index (χ3n) is 2.68. The summed E-state index contributed by atoms with van der Waals surface area (Å²) in [7, 11) is 1.92. The minimum Gasteiger partial charge on any atom is -0.389 e. The first-order valence-electron chi connectivity index (χ1n) is 6.37. The Labute approximate surface area is 120 Å². The lowest BCUT2D eigenvalue weighted by molar-refractivity contribution is -0.122. The fourth-order valence-corrected chi connectivity index (χ4v) is 1.84. The van der Waals surface area contributed by atoms with Crippen LogP contribution in [-0.2, 0) is 11.3 Å². The predicted molar refractivity (Wildman–Crippen MR) is 82.0 cm³/mol. The first kappa shape index (κ1) is 15.6. The molecule has 0 radical (unpaired) electrons. The van der Waals surface area contributed by atoms with Crippen LogP contribution in [0.5, 0.6) is 0 Å². The number of benzene rings is 1. The highest BCUT2D eigenvalue weighted by Gasteiger charge is 2.06. The molecule has 0 aliphatic rings. The molecule has 1 rings (SSSR count). The van der Waals surface area contributed by atoms with Crippen molar-refractivity contribution in [3.8, 4) is 0 Å². The smallest absolute Gasteiger partial charge is 0.234 e. The minimum atomic E-state index is 0.0594. The number of hydrogen-bond acceptors (Lipinski definition) is 3. The third-order valence-corrected chi connectivity index (χ3v) is 2.91. The van der Waals surface area contributed by atoms with E-state index >= 15 is 0 Å². The van der Waals surface area contributed by atoms with Crippen LogP contribution in [0.15, 0.2) is 24.3 Å². The predicted octanol–water partition coefficient (Wildman–Crippen LogP) is 1.28. The summed E-state index contributed by atoms with van der Waals surface area (Å²) in [5.74, 6) is 0.0594. The van der Waals surface area contributed by atoms with E-state index in [0.29, 0.717) is 11.5 Å². The van der Waals surface area contributed by atoms with Crippen LogP contribution in [0.25, 0.3) is 0 Å². The van der Waals surface area contributed by atoms with Crippen molar-refractivity contribution in [1.82, 2.24) is 10.2 Å². The van der Waals surface area contributed by atoms with Gasteiger partial charge in [0.25, 0.3) is 0 Å². The molecule has 5 heteroatoms. The van der Waals surface area contributed by atoms with E-state index in [4.69, 9.17) is 18.0 Å². The van der Waals surface area contributed by atoms with E-state index in [0.717, 1.165) is 30.6 Å². The van der Waals surface area contributed by atoms with Gasteiger partial charge < -0.3 is 11.1 Å². The maximum Gasteiger partial charge on any atom is 0.234 e. The first-order chi connectivity index (χ1) is 9.02. The molecule has 0 fully saturated rings. The Balaban J connectivity index is 2.45. The van der Waals surface area contributed by atoms with Crippen LogP contribution in [-0.4, -0.2) is 35.9 Å². The van der Waals surface area contributed by atoms with Gasteiger partial charge in [-0.2, -0.15) is 0 Å². The molecule has 0 saturated heterocycles. The van der Waals surface area contributed by atoms with Crippen LogP contribution in [0.2, 0.25) is 0 Å². The van der Waals surface area contributed by atoms with E-state index in [9.17, 15) is 4.79 Å². The van der Waals surface area contributed by atoms with Gasteiger partial charge in [0.2, 0.25) is 5.91 Å². The molecule has 1 amide bonds. The molecule has 19 heavy (non-hydrogen) atoms. The van der Waals surface area contributed by atoms with Gasteiger partial charge in [-0.3, -0.25) is 9.69 Å². The molecular formula is C14H21N3OS. The zero-order valence-electron chi connectivity index (χ0n) is 11.5. The van der Waals surface area contributed by atoms with Gasteiger partial charge in [0.15, 0.2) is 0 Å². The lowest BCUT2D eigenvalue weighted by Crippen LogP contribution is -2.35. The number of carbonyl (C=O) groups is 1. The number of nitrogens with two attached hydrogens (primary N) is 1. The summed E-state index contributed by atoms with van der Waals surface area (Å²) in [6, 6.07) is 7.77. The average Bonchev–Trinajstić information content (AvgIpc) is 2.36. The summed E-state index contributed by atoms with van der Waals surface area (Å²) in [6.45, 7) is 3.89. The molecule has 0 aliphatic carbocycles. The molecule has 0 spiro atoms. The molecule has 0 saturated carbocycles. The number of carbonyl (C=O) groups excluding carboxylic acids is 1. The molecule has 0 atom stereocenters. The summed E-state index contributed by atoms with van der Waals surface area (Å²) in [6.07, 6.45) is 0.954. The van der Waals surface area contributed by atoms with Crippen LogP contribution in [0.3, 0.4) is 0 Å². The molecular weight excluding hydrogens is 258 g/mol. The second-order valence-corrected chi connectivity index (χ2v) is 5.02. The largest absolute Gasteiger partial charge is 0.389 e. The molecule has 104 valence electrons. The van der Waals surface area contributed by atoms with Gasteiger partial charge in [-0.05, 0) is 19.0 Å². The van der Waals surface area contributed by atoms with Crippen LogP contribution in [0.4, 0.5) is 0 Å². The van der Waals surface area contributed by atoms with Crippen molar-refractivity contribution in [2.75, 3.05) is 20.1 Å². The Morgan fingerprint density at radius 2 is 2.00 bits per heavy atom. The quantitative estimate of drug-likeness (QED) is 0.738. The Bertz CT molecular complexity index is 431. The summed E-state index contributed by atoms with van der Waals surface area (Å²) < 4.78 is 0. The molecule has 3 N–H and O–H groups in total. The van der Waals surface area contributed by atoms with E-state index in [2.05, 4.69) is 5.32 Å². The van der Waals surface area contributed by atoms with E-state index in [1.54, 1.807) is 0 Å². The van der Waals surface area contributed by atoms with Crippen LogP contribution in [0, 0.1) is 0 Å². The molecule has 0 aromatic heterocycles. The fourth-order valence-electron chi connectivity index (χ4n) is 1.71. The van der Waals surface area contributed by atoms with Crippen molar-refractivity contribution in [3.63, 3.8) is 0 Å². The number of amides is 1. The second-order valence-electron chi connectivity index (χ2n) is 4.58. The van der Waals surface area contributed by atoms with Crippen molar-refractivity contribution in [2.24, 2.45) is 5.73 Å². The Morgan fingerprint density at radius 3 is 2.53 bits per heavy atom. The van der Waals surface area contributed by atoms with E-state index < -0.39 is 0 Å². The SMILES string of the molecule is CCCNC(=O)CN(C)Cc1ccc(C(N)=S)cc1. The number of likely N-dealkylation sites (N-methyl/N-ethyl adjacent to an activating group) is 1. The molecule has 4 nitrogen and oxygen atoms in total. The standard InChI is InChI=1S/C14H21N3OS/c1-3-8-16-13(18)10-17(2)9-11-4-6-12(7-5-11)14(15)19/h4-7H,3,8-10H2,1-2H3,(H2,15,19)(H,16,18). The molecule has 1 aromatic rings. The number of rotatable bonds is 7. The van der Waals surface area contributed by atoms with Gasteiger partial charge in [-0.1, -0.05) is 43.4 Å². The molecule has 1 aromatic carbocycles. The van der Waals surface area contributed by atoms with Crippen molar-refractivity contribution < 1.29 is 4.79 Å². The lowest BCUT2D eigenvalue weighted by atomic mass is 10.1. The Hall–Kier alpha value is -1.46. The van der Waals surface area contributed by atoms with Crippen molar-refractivity contribution in [2.45, 2.75) is 19.9 Å². The van der Waals surface area contributed by atoms with E-state index in [-0.39, 0.29) is 5.91 Å². The highest BCUT2D eigenvalue weighted by atomic mass is 32.1. The molecule has 0 aliphatic heterocycles. The summed E-state index contributed by atoms with van der Waals surface area (Å²) in [5.41, 5.74) is 7.54.